The van der Waals surface area contributed by atoms with Gasteiger partial charge in [0, 0.05) is 51.0 Å². The van der Waals surface area contributed by atoms with Crippen molar-refractivity contribution in [2.75, 3.05) is 39.3 Å². The fourth-order valence-electron chi connectivity index (χ4n) is 2.14. The van der Waals surface area contributed by atoms with Crippen LogP contribution in [0.4, 0.5) is 0 Å². The molecule has 0 aliphatic carbocycles. The van der Waals surface area contributed by atoms with Gasteiger partial charge in [0.05, 0.1) is 31.0 Å². The maximum absolute atomic E-state index is 10.5. The molecular weight excluding hydrogens is 548 g/mol. The molecule has 212 valence electrons. The smallest absolute Gasteiger partial charge is 0.550 e. The van der Waals surface area contributed by atoms with Crippen molar-refractivity contribution in [2.45, 2.75) is 18.4 Å². The number of quaternary nitrogens is 3. The number of aliphatic hydroxyl groups is 1. The number of carboxylic acid groups (broad SMARTS) is 7. The van der Waals surface area contributed by atoms with Crippen LogP contribution in [0.2, 0.25) is 0 Å². The molecule has 0 spiro atoms. The number of aliphatic carboxylic acids is 7. The Kier molecular flexibility index (Phi) is 36.8. The SMILES string of the molecule is O=C([O-])CC(O)(CC(=O)[O-])C(=O)[O-].O=C([O-])CN(CCN(CC(=O)O)CC(=O)O)CC(=O)[O-].[NH4+].[NH4+].[NH4+].[Na+].[Na+]. The molecule has 20 nitrogen and oxygen atoms in total. The molecule has 15 N–H and O–H groups in total. The Labute approximate surface area is 259 Å². The van der Waals surface area contributed by atoms with Gasteiger partial charge in [0.2, 0.25) is 0 Å². The maximum atomic E-state index is 10.5. The molecule has 0 aromatic rings. The van der Waals surface area contributed by atoms with Crippen LogP contribution in [0, 0.1) is 0 Å². The predicted octanol–water partition coefficient (Wildman–Crippen LogP) is -14.9. The van der Waals surface area contributed by atoms with Crippen LogP contribution in [0.15, 0.2) is 0 Å². The van der Waals surface area contributed by atoms with Crippen LogP contribution in [0.5, 0.6) is 0 Å². The van der Waals surface area contributed by atoms with Crippen LogP contribution in [0.1, 0.15) is 12.8 Å². The van der Waals surface area contributed by atoms with Crippen LogP contribution in [-0.2, 0) is 33.6 Å². The molecule has 0 saturated carbocycles. The van der Waals surface area contributed by atoms with E-state index >= 15 is 0 Å². The Morgan fingerprint density at radius 2 is 0.816 bits per heavy atom. The van der Waals surface area contributed by atoms with Crippen molar-refractivity contribution in [3.05, 3.63) is 0 Å². The first kappa shape index (κ1) is 52.5. The molecule has 0 aliphatic heterocycles. The van der Waals surface area contributed by atoms with E-state index in [0.717, 1.165) is 9.80 Å². The van der Waals surface area contributed by atoms with E-state index in [4.69, 9.17) is 15.3 Å². The van der Waals surface area contributed by atoms with Crippen LogP contribution >= 0.6 is 0 Å². The minimum absolute atomic E-state index is 0. The van der Waals surface area contributed by atoms with Gasteiger partial charge in [-0.25, -0.2) is 0 Å². The number of hydrogen-bond acceptors (Lipinski definition) is 15. The summed E-state index contributed by atoms with van der Waals surface area (Å²) in [6, 6.07) is 0. The van der Waals surface area contributed by atoms with Crippen LogP contribution in [-0.4, -0.2) is 112 Å². The normalized spacial score (nSPS) is 9.34. The summed E-state index contributed by atoms with van der Waals surface area (Å²) in [6.45, 7) is -2.75. The Morgan fingerprint density at radius 3 is 1.00 bits per heavy atom. The second-order valence-electron chi connectivity index (χ2n) is 6.37. The van der Waals surface area contributed by atoms with Gasteiger partial charge in [0.1, 0.15) is 5.60 Å². The van der Waals surface area contributed by atoms with Crippen LogP contribution < -0.4 is 103 Å². The van der Waals surface area contributed by atoms with Gasteiger partial charge in [-0.15, -0.1) is 0 Å². The molecule has 0 fully saturated rings. The van der Waals surface area contributed by atoms with Crippen molar-refractivity contribution in [2.24, 2.45) is 0 Å². The van der Waals surface area contributed by atoms with Crippen molar-refractivity contribution in [3.8, 4) is 0 Å². The summed E-state index contributed by atoms with van der Waals surface area (Å²) in [5.74, 6) is -11.5. The Bertz CT molecular complexity index is 688. The molecule has 0 heterocycles. The Hall–Kier alpha value is -1.95. The van der Waals surface area contributed by atoms with E-state index < -0.39 is 86.4 Å². The molecular formula is C16H31N5Na2O15. The maximum Gasteiger partial charge on any atom is 1.00 e. The number of nitrogens with zero attached hydrogens (tertiary/aromatic N) is 2. The fraction of sp³-hybridized carbons (Fsp3) is 0.562. The molecule has 0 atom stereocenters. The third-order valence-electron chi connectivity index (χ3n) is 3.41. The molecule has 22 heteroatoms. The van der Waals surface area contributed by atoms with Gasteiger partial charge in [-0.05, 0) is 0 Å². The monoisotopic (exact) mass is 579 g/mol. The van der Waals surface area contributed by atoms with Crippen molar-refractivity contribution < 1.29 is 134 Å². The van der Waals surface area contributed by atoms with Crippen LogP contribution in [0.25, 0.3) is 0 Å². The summed E-state index contributed by atoms with van der Waals surface area (Å²) < 4.78 is 0. The Balaban J connectivity index is -0.0000000952. The summed E-state index contributed by atoms with van der Waals surface area (Å²) in [7, 11) is 0. The van der Waals surface area contributed by atoms with E-state index in [1.807, 2.05) is 0 Å². The topological polar surface area (TPSA) is 411 Å². The fourth-order valence-corrected chi connectivity index (χ4v) is 2.14. The van der Waals surface area contributed by atoms with Gasteiger partial charge in [-0.2, -0.15) is 0 Å². The van der Waals surface area contributed by atoms with Crippen molar-refractivity contribution in [3.63, 3.8) is 0 Å². The van der Waals surface area contributed by atoms with Gasteiger partial charge in [-0.1, -0.05) is 0 Å². The Morgan fingerprint density at radius 1 is 0.553 bits per heavy atom. The molecule has 0 radical (unpaired) electrons. The predicted molar refractivity (Wildman–Crippen MR) is 105 cm³/mol. The summed E-state index contributed by atoms with van der Waals surface area (Å²) in [5, 5.41) is 77.0. The average Bonchev–Trinajstić information content (AvgIpc) is 2.56. The van der Waals surface area contributed by atoms with Crippen molar-refractivity contribution in [1.29, 1.82) is 0 Å². The van der Waals surface area contributed by atoms with E-state index in [0.29, 0.717) is 0 Å². The first-order valence-electron chi connectivity index (χ1n) is 8.60. The van der Waals surface area contributed by atoms with Gasteiger partial charge >= 0.3 is 71.1 Å². The third kappa shape index (κ3) is 30.3. The third-order valence-corrected chi connectivity index (χ3v) is 3.41. The molecule has 38 heavy (non-hydrogen) atoms. The molecule has 0 aromatic carbocycles. The number of carboxylic acids is 7. The molecule has 0 amide bonds. The number of rotatable bonds is 16. The molecule has 0 bridgehead atoms. The number of carbonyl (C=O) groups excluding carboxylic acids is 5. The van der Waals surface area contributed by atoms with Crippen LogP contribution in [0.3, 0.4) is 0 Å². The number of carbonyl (C=O) groups is 7. The van der Waals surface area contributed by atoms with E-state index in [1.165, 1.54) is 0 Å². The summed E-state index contributed by atoms with van der Waals surface area (Å²) in [4.78, 5) is 73.9. The molecule has 0 saturated heterocycles. The van der Waals surface area contributed by atoms with E-state index in [2.05, 4.69) is 0 Å². The zero-order chi connectivity index (χ0) is 26.4. The second kappa shape index (κ2) is 26.6. The average molecular weight is 579 g/mol. The van der Waals surface area contributed by atoms with E-state index in [-0.39, 0.29) is 90.7 Å². The van der Waals surface area contributed by atoms with Gasteiger partial charge in [-0.3, -0.25) is 19.4 Å². The molecule has 0 aliphatic rings. The summed E-state index contributed by atoms with van der Waals surface area (Å²) >= 11 is 0. The van der Waals surface area contributed by atoms with E-state index in [1.54, 1.807) is 0 Å². The largest absolute Gasteiger partial charge is 1.00 e. The number of hydrogen-bond donors (Lipinski definition) is 6. The van der Waals surface area contributed by atoms with Gasteiger partial charge < -0.3 is 83.3 Å². The molecule has 0 unspecified atom stereocenters. The zero-order valence-electron chi connectivity index (χ0n) is 21.8. The first-order valence-corrected chi connectivity index (χ1v) is 8.60. The minimum Gasteiger partial charge on any atom is -0.550 e. The molecule has 0 aromatic heterocycles. The van der Waals surface area contributed by atoms with Gasteiger partial charge in [0.25, 0.3) is 0 Å². The van der Waals surface area contributed by atoms with Crippen molar-refractivity contribution >= 4 is 41.8 Å². The standard InChI is InChI=1S/C10H16N2O8.C6H8O7.3H3N.2Na/c13-7(14)3-11(4-8(15)16)1-2-12(5-9(17)18)6-10(19)20;7-3(8)1-6(13,5(11)12)2-4(9)10;;;;;/h1-6H2,(H,13,14)(H,15,16)(H,17,18)(H,19,20);13H,1-2H2,(H,7,8)(H,9,10)(H,11,12);3*1H3;;/q;;;;;2*+1/p-2. The van der Waals surface area contributed by atoms with Gasteiger partial charge in [0.15, 0.2) is 0 Å². The summed E-state index contributed by atoms with van der Waals surface area (Å²) in [5.41, 5.74) is -2.97. The zero-order valence-corrected chi connectivity index (χ0v) is 25.8. The van der Waals surface area contributed by atoms with Crippen molar-refractivity contribution in [1.82, 2.24) is 28.3 Å². The minimum atomic E-state index is -2.97. The second-order valence-corrected chi connectivity index (χ2v) is 6.37. The van der Waals surface area contributed by atoms with E-state index in [9.17, 15) is 59.1 Å². The summed E-state index contributed by atoms with van der Waals surface area (Å²) in [6.07, 6.45) is -2.72. The quantitative estimate of drug-likeness (QED) is 0.0923. The molecule has 0 rings (SSSR count). The first-order chi connectivity index (χ1) is 15.0.